The number of carbonyl (C=O) groups excluding carboxylic acids is 3. The molecule has 0 heterocycles. The molecule has 0 aliphatic heterocycles. The third-order valence-electron chi connectivity index (χ3n) is 11.3. The lowest BCUT2D eigenvalue weighted by Gasteiger charge is -2.18. The molecule has 0 rings (SSSR count). The quantitative estimate of drug-likeness (QED) is 0.0263. The minimum atomic E-state index is -0.764. The molecule has 6 nitrogen and oxygen atoms in total. The largest absolute Gasteiger partial charge is 0.462 e. The van der Waals surface area contributed by atoms with Crippen LogP contribution in [0.3, 0.4) is 0 Å². The average molecular weight is 855 g/mol. The highest BCUT2D eigenvalue weighted by Gasteiger charge is 2.19. The van der Waals surface area contributed by atoms with Gasteiger partial charge in [0.2, 0.25) is 0 Å². The zero-order valence-electron chi connectivity index (χ0n) is 40.4. The molecule has 0 N–H and O–H groups in total. The standard InChI is InChI=1S/C55H98O6/c1-4-7-10-13-16-18-19-20-21-22-23-24-25-26-27-28-29-30-31-32-33-34-35-37-39-42-45-48-54(57)60-51-52(50-59-53(56)47-44-41-38-15-12-9-6-3)61-55(58)49-46-43-40-36-17-14-11-8-5-2/h7,10,16,18,20-21,23-24,52H,4-6,8-9,11-15,17,19,22,25-51H2,1-3H3/b10-7-,18-16-,21-20-,24-23-. The monoisotopic (exact) mass is 855 g/mol. The van der Waals surface area contributed by atoms with Crippen LogP contribution in [0.4, 0.5) is 0 Å². The number of unbranched alkanes of at least 4 members (excludes halogenated alkanes) is 28. The first-order valence-electron chi connectivity index (χ1n) is 26.1. The van der Waals surface area contributed by atoms with Crippen LogP contribution < -0.4 is 0 Å². The average Bonchev–Trinajstić information content (AvgIpc) is 3.26. The molecule has 0 fully saturated rings. The van der Waals surface area contributed by atoms with Crippen molar-refractivity contribution in [1.29, 1.82) is 0 Å². The summed E-state index contributed by atoms with van der Waals surface area (Å²) in [7, 11) is 0. The first-order chi connectivity index (χ1) is 30.0. The Bertz CT molecular complexity index is 1070. The molecular formula is C55H98O6. The third kappa shape index (κ3) is 48.3. The molecule has 1 atom stereocenters. The maximum Gasteiger partial charge on any atom is 0.306 e. The van der Waals surface area contributed by atoms with Crippen molar-refractivity contribution in [2.45, 2.75) is 271 Å². The molecule has 61 heavy (non-hydrogen) atoms. The van der Waals surface area contributed by atoms with Crippen LogP contribution in [0.1, 0.15) is 265 Å². The number of hydrogen-bond acceptors (Lipinski definition) is 6. The summed E-state index contributed by atoms with van der Waals surface area (Å²) in [5.41, 5.74) is 0. The van der Waals surface area contributed by atoms with E-state index in [-0.39, 0.29) is 31.1 Å². The summed E-state index contributed by atoms with van der Waals surface area (Å²) < 4.78 is 16.7. The van der Waals surface area contributed by atoms with Gasteiger partial charge in [-0.2, -0.15) is 0 Å². The van der Waals surface area contributed by atoms with Gasteiger partial charge in [-0.3, -0.25) is 14.4 Å². The molecule has 0 radical (unpaired) electrons. The van der Waals surface area contributed by atoms with Gasteiger partial charge < -0.3 is 14.2 Å². The summed E-state index contributed by atoms with van der Waals surface area (Å²) in [6.45, 7) is 6.47. The van der Waals surface area contributed by atoms with Gasteiger partial charge in [0.1, 0.15) is 13.2 Å². The fraction of sp³-hybridized carbons (Fsp3) is 0.800. The molecule has 1 unspecified atom stereocenters. The number of rotatable bonds is 47. The van der Waals surface area contributed by atoms with Crippen molar-refractivity contribution in [2.75, 3.05) is 13.2 Å². The van der Waals surface area contributed by atoms with Crippen LogP contribution in [0.5, 0.6) is 0 Å². The minimum absolute atomic E-state index is 0.0696. The van der Waals surface area contributed by atoms with E-state index in [4.69, 9.17) is 14.2 Å². The first kappa shape index (κ1) is 58.4. The van der Waals surface area contributed by atoms with E-state index >= 15 is 0 Å². The Labute approximate surface area is 378 Å². The van der Waals surface area contributed by atoms with Crippen LogP contribution in [-0.2, 0) is 28.6 Å². The Morgan fingerprint density at radius 2 is 0.639 bits per heavy atom. The summed E-state index contributed by atoms with van der Waals surface area (Å²) in [6, 6.07) is 0. The molecule has 354 valence electrons. The minimum Gasteiger partial charge on any atom is -0.462 e. The van der Waals surface area contributed by atoms with Crippen molar-refractivity contribution in [3.8, 4) is 0 Å². The number of esters is 3. The van der Waals surface area contributed by atoms with E-state index in [1.54, 1.807) is 0 Å². The number of carbonyl (C=O) groups is 3. The molecule has 6 heteroatoms. The molecule has 0 aromatic heterocycles. The molecule has 0 bridgehead atoms. The van der Waals surface area contributed by atoms with E-state index in [1.807, 2.05) is 0 Å². The molecule has 0 aromatic carbocycles. The summed E-state index contributed by atoms with van der Waals surface area (Å²) >= 11 is 0. The van der Waals surface area contributed by atoms with Gasteiger partial charge in [-0.25, -0.2) is 0 Å². The van der Waals surface area contributed by atoms with Crippen molar-refractivity contribution >= 4 is 17.9 Å². The van der Waals surface area contributed by atoms with Crippen LogP contribution in [0.25, 0.3) is 0 Å². The van der Waals surface area contributed by atoms with Crippen LogP contribution in [0, 0.1) is 0 Å². The van der Waals surface area contributed by atoms with Crippen LogP contribution >= 0.6 is 0 Å². The van der Waals surface area contributed by atoms with E-state index in [0.717, 1.165) is 83.5 Å². The molecule has 0 aromatic rings. The van der Waals surface area contributed by atoms with Crippen molar-refractivity contribution in [2.24, 2.45) is 0 Å². The maximum absolute atomic E-state index is 12.7. The number of hydrogen-bond donors (Lipinski definition) is 0. The second-order valence-electron chi connectivity index (χ2n) is 17.4. The molecule has 0 saturated carbocycles. The van der Waals surface area contributed by atoms with E-state index in [9.17, 15) is 14.4 Å². The van der Waals surface area contributed by atoms with E-state index in [2.05, 4.69) is 69.4 Å². The van der Waals surface area contributed by atoms with Crippen molar-refractivity contribution in [3.63, 3.8) is 0 Å². The zero-order valence-corrected chi connectivity index (χ0v) is 40.4. The molecule has 0 aliphatic carbocycles. The van der Waals surface area contributed by atoms with Gasteiger partial charge in [0, 0.05) is 19.3 Å². The van der Waals surface area contributed by atoms with Crippen LogP contribution in [0.15, 0.2) is 48.6 Å². The van der Waals surface area contributed by atoms with Crippen LogP contribution in [0.2, 0.25) is 0 Å². The van der Waals surface area contributed by atoms with Gasteiger partial charge >= 0.3 is 17.9 Å². The first-order valence-corrected chi connectivity index (χ1v) is 26.1. The predicted molar refractivity (Wildman–Crippen MR) is 261 cm³/mol. The topological polar surface area (TPSA) is 78.9 Å². The molecule has 0 aliphatic rings. The van der Waals surface area contributed by atoms with Gasteiger partial charge in [0.15, 0.2) is 6.10 Å². The van der Waals surface area contributed by atoms with Crippen molar-refractivity contribution in [1.82, 2.24) is 0 Å². The Balaban J connectivity index is 4.01. The summed E-state index contributed by atoms with van der Waals surface area (Å²) in [5.74, 6) is -0.873. The summed E-state index contributed by atoms with van der Waals surface area (Å²) in [6.07, 6.45) is 59.9. The lowest BCUT2D eigenvalue weighted by molar-refractivity contribution is -0.167. The van der Waals surface area contributed by atoms with Crippen LogP contribution in [-0.4, -0.2) is 37.2 Å². The number of allylic oxidation sites excluding steroid dienone is 8. The van der Waals surface area contributed by atoms with Gasteiger partial charge in [0.25, 0.3) is 0 Å². The smallest absolute Gasteiger partial charge is 0.306 e. The normalized spacial score (nSPS) is 12.4. The SMILES string of the molecule is CC/C=C\C/C=C\C/C=C\C/C=C\CCCCCCCCCCCCCCCCC(=O)OCC(COC(=O)CCCCCCCCC)OC(=O)CCCCCCCCCCC. The predicted octanol–water partition coefficient (Wildman–Crippen LogP) is 17.1. The summed E-state index contributed by atoms with van der Waals surface area (Å²) in [5, 5.41) is 0. The maximum atomic E-state index is 12.7. The molecule has 0 saturated heterocycles. The molecular weight excluding hydrogens is 757 g/mol. The lowest BCUT2D eigenvalue weighted by Crippen LogP contribution is -2.30. The second-order valence-corrected chi connectivity index (χ2v) is 17.4. The Kier molecular flexibility index (Phi) is 47.9. The number of ether oxygens (including phenoxy) is 3. The molecule has 0 spiro atoms. The van der Waals surface area contributed by atoms with Crippen molar-refractivity contribution in [3.05, 3.63) is 48.6 Å². The lowest BCUT2D eigenvalue weighted by atomic mass is 10.0. The van der Waals surface area contributed by atoms with Gasteiger partial charge in [-0.05, 0) is 57.8 Å². The Hall–Kier alpha value is -2.63. The van der Waals surface area contributed by atoms with Gasteiger partial charge in [-0.15, -0.1) is 0 Å². The zero-order chi connectivity index (χ0) is 44.4. The highest BCUT2D eigenvalue weighted by Crippen LogP contribution is 2.16. The highest BCUT2D eigenvalue weighted by atomic mass is 16.6. The fourth-order valence-corrected chi connectivity index (χ4v) is 7.43. The van der Waals surface area contributed by atoms with E-state index < -0.39 is 6.10 Å². The fourth-order valence-electron chi connectivity index (χ4n) is 7.43. The highest BCUT2D eigenvalue weighted by molar-refractivity contribution is 5.71. The second kappa shape index (κ2) is 50.0. The van der Waals surface area contributed by atoms with Gasteiger partial charge in [-0.1, -0.05) is 236 Å². The summed E-state index contributed by atoms with van der Waals surface area (Å²) in [4.78, 5) is 37.6. The third-order valence-corrected chi connectivity index (χ3v) is 11.3. The van der Waals surface area contributed by atoms with E-state index in [0.29, 0.717) is 19.3 Å². The Morgan fingerprint density at radius 1 is 0.344 bits per heavy atom. The van der Waals surface area contributed by atoms with E-state index in [1.165, 1.54) is 141 Å². The Morgan fingerprint density at radius 3 is 1.00 bits per heavy atom. The van der Waals surface area contributed by atoms with Crippen molar-refractivity contribution < 1.29 is 28.6 Å². The molecule has 0 amide bonds. The van der Waals surface area contributed by atoms with Gasteiger partial charge in [0.05, 0.1) is 0 Å².